The zero-order valence-corrected chi connectivity index (χ0v) is 40.3. The number of unbranched alkanes of at least 4 members (excludes halogenated alkanes) is 20. The molecule has 0 bridgehead atoms. The molecule has 0 aliphatic carbocycles. The number of nitrogens with zero attached hydrogens (tertiary/aromatic N) is 1. The van der Waals surface area contributed by atoms with Crippen molar-refractivity contribution in [2.45, 2.75) is 259 Å². The third-order valence-corrected chi connectivity index (χ3v) is 12.0. The van der Waals surface area contributed by atoms with Gasteiger partial charge < -0.3 is 24.2 Å². The number of aliphatic carboxylic acids is 1. The van der Waals surface area contributed by atoms with Gasteiger partial charge in [0.2, 0.25) is 5.91 Å². The Balaban J connectivity index is 4.72. The summed E-state index contributed by atoms with van der Waals surface area (Å²) < 4.78 is 17.0. The van der Waals surface area contributed by atoms with E-state index >= 15 is 0 Å². The van der Waals surface area contributed by atoms with Crippen LogP contribution in [0.1, 0.15) is 252 Å². The molecule has 0 aromatic carbocycles. The minimum atomic E-state index is -1.03. The van der Waals surface area contributed by atoms with Crippen LogP contribution in [0.4, 0.5) is 0 Å². The second-order valence-electron chi connectivity index (χ2n) is 17.9. The lowest BCUT2D eigenvalue weighted by Crippen LogP contribution is -2.34. The molecule has 0 heterocycles. The molecule has 0 radical (unpaired) electrons. The van der Waals surface area contributed by atoms with Crippen LogP contribution < -0.4 is 0 Å². The van der Waals surface area contributed by atoms with Gasteiger partial charge in [0.25, 0.3) is 0 Å². The van der Waals surface area contributed by atoms with Gasteiger partial charge >= 0.3 is 23.9 Å². The number of hydrogen-bond donors (Lipinski definition) is 1. The first-order valence-electron chi connectivity index (χ1n) is 25.5. The van der Waals surface area contributed by atoms with Gasteiger partial charge in [0.1, 0.15) is 12.6 Å². The van der Waals surface area contributed by atoms with E-state index < -0.39 is 17.9 Å². The van der Waals surface area contributed by atoms with Crippen molar-refractivity contribution in [3.8, 4) is 0 Å². The number of carboxylic acid groups (broad SMARTS) is 1. The molecular formula is C51H95NO9. The molecule has 0 saturated carbocycles. The fourth-order valence-electron chi connectivity index (χ4n) is 8.01. The Labute approximate surface area is 374 Å². The highest BCUT2D eigenvalue weighted by molar-refractivity contribution is 5.82. The number of esters is 3. The topological polar surface area (TPSA) is 137 Å². The highest BCUT2D eigenvalue weighted by Gasteiger charge is 2.21. The number of carbonyl (C=O) groups excluding carboxylic acids is 4. The van der Waals surface area contributed by atoms with E-state index in [0.29, 0.717) is 38.2 Å². The standard InChI is InChI=1S/C51H95NO9/c1-6-10-14-18-21-27-35-45(34-26-17-13-9-4)51(58)60-41-31-23-29-37-46(61-49(56)39-38-48(54)55)36-28-22-30-40-59-50(57)43-52(5)47(53)42-44(32-24-19-15-11-7-2)33-25-20-16-12-8-3/h44-46H,6-43H2,1-5H3,(H,54,55). The molecule has 2 atom stereocenters. The van der Waals surface area contributed by atoms with Crippen LogP contribution in [0.2, 0.25) is 0 Å². The van der Waals surface area contributed by atoms with Crippen molar-refractivity contribution >= 4 is 29.8 Å². The Kier molecular flexibility index (Phi) is 40.8. The first-order chi connectivity index (χ1) is 29.6. The van der Waals surface area contributed by atoms with Crippen LogP contribution >= 0.6 is 0 Å². The molecule has 10 heteroatoms. The van der Waals surface area contributed by atoms with Crippen molar-refractivity contribution in [3.05, 3.63) is 0 Å². The van der Waals surface area contributed by atoms with E-state index in [1.807, 2.05) is 0 Å². The fraction of sp³-hybridized carbons (Fsp3) is 0.902. The van der Waals surface area contributed by atoms with Gasteiger partial charge in [0.15, 0.2) is 0 Å². The maximum absolute atomic E-state index is 13.1. The minimum absolute atomic E-state index is 0.00892. The van der Waals surface area contributed by atoms with Crippen LogP contribution in [0, 0.1) is 11.8 Å². The van der Waals surface area contributed by atoms with Crippen molar-refractivity contribution in [1.82, 2.24) is 4.90 Å². The number of rotatable bonds is 45. The van der Waals surface area contributed by atoms with Gasteiger partial charge in [-0.25, -0.2) is 0 Å². The van der Waals surface area contributed by atoms with Gasteiger partial charge in [-0.3, -0.25) is 24.0 Å². The maximum atomic E-state index is 13.1. The van der Waals surface area contributed by atoms with Crippen LogP contribution in [0.15, 0.2) is 0 Å². The molecule has 1 amide bonds. The van der Waals surface area contributed by atoms with Crippen molar-refractivity contribution in [2.75, 3.05) is 26.8 Å². The largest absolute Gasteiger partial charge is 0.481 e. The lowest BCUT2D eigenvalue weighted by Gasteiger charge is -2.21. The van der Waals surface area contributed by atoms with Gasteiger partial charge in [-0.15, -0.1) is 0 Å². The lowest BCUT2D eigenvalue weighted by molar-refractivity contribution is -0.153. The average molecular weight is 866 g/mol. The third kappa shape index (κ3) is 37.6. The average Bonchev–Trinajstić information content (AvgIpc) is 3.23. The van der Waals surface area contributed by atoms with E-state index in [9.17, 15) is 24.0 Å². The number of hydrogen-bond acceptors (Lipinski definition) is 8. The van der Waals surface area contributed by atoms with E-state index in [0.717, 1.165) is 89.9 Å². The molecule has 0 aliphatic heterocycles. The molecule has 2 unspecified atom stereocenters. The number of carboxylic acids is 1. The van der Waals surface area contributed by atoms with Crippen LogP contribution in [0.3, 0.4) is 0 Å². The first-order valence-corrected chi connectivity index (χ1v) is 25.5. The minimum Gasteiger partial charge on any atom is -0.481 e. The van der Waals surface area contributed by atoms with E-state index in [1.54, 1.807) is 7.05 Å². The second-order valence-corrected chi connectivity index (χ2v) is 17.9. The van der Waals surface area contributed by atoms with Gasteiger partial charge in [0.05, 0.1) is 32.0 Å². The summed E-state index contributed by atoms with van der Waals surface area (Å²) in [4.78, 5) is 63.7. The first kappa shape index (κ1) is 58.4. The molecule has 0 aliphatic rings. The van der Waals surface area contributed by atoms with E-state index in [4.69, 9.17) is 19.3 Å². The molecule has 358 valence electrons. The smallest absolute Gasteiger partial charge is 0.325 e. The number of ether oxygens (including phenoxy) is 3. The van der Waals surface area contributed by atoms with Crippen LogP contribution in [0.5, 0.6) is 0 Å². The molecule has 0 aromatic heterocycles. The Morgan fingerprint density at radius 1 is 0.475 bits per heavy atom. The van der Waals surface area contributed by atoms with Crippen LogP contribution in [-0.4, -0.2) is 72.7 Å². The third-order valence-electron chi connectivity index (χ3n) is 12.0. The molecule has 0 rings (SSSR count). The predicted octanol–water partition coefficient (Wildman–Crippen LogP) is 13.5. The molecule has 0 saturated heterocycles. The monoisotopic (exact) mass is 866 g/mol. The molecule has 10 nitrogen and oxygen atoms in total. The van der Waals surface area contributed by atoms with E-state index in [-0.39, 0.29) is 49.9 Å². The summed E-state index contributed by atoms with van der Waals surface area (Å²) in [6.45, 7) is 9.47. The molecule has 0 fully saturated rings. The van der Waals surface area contributed by atoms with Gasteiger partial charge in [-0.05, 0) is 83.0 Å². The van der Waals surface area contributed by atoms with Crippen molar-refractivity contribution < 1.29 is 43.3 Å². The highest BCUT2D eigenvalue weighted by atomic mass is 16.5. The second kappa shape index (κ2) is 42.6. The highest BCUT2D eigenvalue weighted by Crippen LogP contribution is 2.24. The summed E-state index contributed by atoms with van der Waals surface area (Å²) in [6.07, 6.45) is 33.6. The van der Waals surface area contributed by atoms with Crippen LogP contribution in [0.25, 0.3) is 0 Å². The van der Waals surface area contributed by atoms with Gasteiger partial charge in [0, 0.05) is 13.5 Å². The lowest BCUT2D eigenvalue weighted by atomic mass is 9.91. The summed E-state index contributed by atoms with van der Waals surface area (Å²) in [5.74, 6) is -1.64. The Morgan fingerprint density at radius 3 is 1.38 bits per heavy atom. The van der Waals surface area contributed by atoms with E-state index in [1.165, 1.54) is 101 Å². The predicted molar refractivity (Wildman–Crippen MR) is 248 cm³/mol. The van der Waals surface area contributed by atoms with Gasteiger partial charge in [-0.2, -0.15) is 0 Å². The molecule has 0 spiro atoms. The molecule has 0 aromatic rings. The molecule has 1 N–H and O–H groups in total. The SMILES string of the molecule is CCCCCCCCC(CCCCCC)C(=O)OCCCCCC(CCCCCOC(=O)CN(C)C(=O)CC(CCCCCCC)CCCCCCC)OC(=O)CCC(=O)O. The van der Waals surface area contributed by atoms with Crippen molar-refractivity contribution in [1.29, 1.82) is 0 Å². The Bertz CT molecular complexity index is 1070. The van der Waals surface area contributed by atoms with Crippen LogP contribution in [-0.2, 0) is 38.2 Å². The Morgan fingerprint density at radius 2 is 0.885 bits per heavy atom. The van der Waals surface area contributed by atoms with Crippen molar-refractivity contribution in [2.24, 2.45) is 11.8 Å². The summed E-state index contributed by atoms with van der Waals surface area (Å²) in [5.41, 5.74) is 0. The summed E-state index contributed by atoms with van der Waals surface area (Å²) >= 11 is 0. The quantitative estimate of drug-likeness (QED) is 0.0360. The summed E-state index contributed by atoms with van der Waals surface area (Å²) in [7, 11) is 1.69. The zero-order chi connectivity index (χ0) is 45.2. The number of amides is 1. The Hall–Kier alpha value is -2.65. The zero-order valence-electron chi connectivity index (χ0n) is 40.3. The number of likely N-dealkylation sites (N-methyl/N-ethyl adjacent to an activating group) is 1. The van der Waals surface area contributed by atoms with Crippen molar-refractivity contribution in [3.63, 3.8) is 0 Å². The van der Waals surface area contributed by atoms with E-state index in [2.05, 4.69) is 27.7 Å². The summed E-state index contributed by atoms with van der Waals surface area (Å²) in [6, 6.07) is 0. The molecule has 61 heavy (non-hydrogen) atoms. The maximum Gasteiger partial charge on any atom is 0.325 e. The number of carbonyl (C=O) groups is 5. The normalized spacial score (nSPS) is 12.3. The van der Waals surface area contributed by atoms with Gasteiger partial charge in [-0.1, -0.05) is 156 Å². The summed E-state index contributed by atoms with van der Waals surface area (Å²) in [5, 5.41) is 9.01. The fourth-order valence-corrected chi connectivity index (χ4v) is 8.01. The molecular weight excluding hydrogens is 771 g/mol.